The van der Waals surface area contributed by atoms with Gasteiger partial charge in [0.15, 0.2) is 6.29 Å². The predicted octanol–water partition coefficient (Wildman–Crippen LogP) is 17.5. The van der Waals surface area contributed by atoms with Crippen molar-refractivity contribution in [2.75, 3.05) is 13.2 Å². The van der Waals surface area contributed by atoms with Crippen LogP contribution in [-0.4, -0.2) is 87.5 Å². The van der Waals surface area contributed by atoms with Crippen LogP contribution in [0.3, 0.4) is 0 Å². The minimum absolute atomic E-state index is 0.194. The molecule has 0 spiro atoms. The largest absolute Gasteiger partial charge is 0.394 e. The van der Waals surface area contributed by atoms with Crippen molar-refractivity contribution in [1.82, 2.24) is 5.32 Å². The predicted molar refractivity (Wildman–Crippen MR) is 340 cm³/mol. The number of ether oxygens (including phenoxy) is 2. The zero-order valence-corrected chi connectivity index (χ0v) is 51.0. The Morgan fingerprint density at radius 1 is 0.438 bits per heavy atom. The van der Waals surface area contributed by atoms with Gasteiger partial charge in [-0.15, -0.1) is 0 Å². The summed E-state index contributed by atoms with van der Waals surface area (Å²) in [6, 6.07) is -0.833. The number of allylic oxidation sites excluding steroid dienone is 19. The van der Waals surface area contributed by atoms with Crippen LogP contribution in [-0.2, 0) is 14.3 Å². The Hall–Kier alpha value is -3.41. The first-order chi connectivity index (χ1) is 39.3. The number of carbonyl (C=O) groups excluding carboxylic acids is 1. The molecule has 1 heterocycles. The second-order valence-electron chi connectivity index (χ2n) is 22.2. The van der Waals surface area contributed by atoms with Gasteiger partial charge in [0, 0.05) is 6.42 Å². The summed E-state index contributed by atoms with van der Waals surface area (Å²) in [7, 11) is 0. The summed E-state index contributed by atoms with van der Waals surface area (Å²) in [6.07, 6.45) is 81.3. The molecule has 0 aromatic rings. The monoisotopic (exact) mass is 1120 g/mol. The molecule has 458 valence electrons. The molecular weight excluding hydrogens is 995 g/mol. The molecule has 0 aromatic heterocycles. The zero-order valence-electron chi connectivity index (χ0n) is 51.0. The van der Waals surface area contributed by atoms with Gasteiger partial charge >= 0.3 is 0 Å². The third kappa shape index (κ3) is 47.1. The number of hydrogen-bond acceptors (Lipinski definition) is 8. The van der Waals surface area contributed by atoms with Crippen LogP contribution in [0.1, 0.15) is 264 Å². The summed E-state index contributed by atoms with van der Waals surface area (Å²) in [4.78, 5) is 13.1. The lowest BCUT2D eigenvalue weighted by molar-refractivity contribution is -0.302. The van der Waals surface area contributed by atoms with Crippen LogP contribution in [0.4, 0.5) is 0 Å². The lowest BCUT2D eigenvalue weighted by Crippen LogP contribution is -2.60. The Balaban J connectivity index is 2.20. The van der Waals surface area contributed by atoms with E-state index in [1.54, 1.807) is 6.08 Å². The average Bonchev–Trinajstić information content (AvgIpc) is 3.46. The van der Waals surface area contributed by atoms with E-state index in [9.17, 15) is 30.3 Å². The fourth-order valence-electron chi connectivity index (χ4n) is 9.66. The van der Waals surface area contributed by atoms with Crippen molar-refractivity contribution in [3.63, 3.8) is 0 Å². The molecule has 1 rings (SSSR count). The van der Waals surface area contributed by atoms with E-state index in [1.165, 1.54) is 141 Å². The number of nitrogens with one attached hydrogen (secondary N) is 1. The summed E-state index contributed by atoms with van der Waals surface area (Å²) < 4.78 is 11.3. The topological polar surface area (TPSA) is 149 Å². The molecule has 1 fully saturated rings. The fraction of sp³-hybridized carbons (Fsp3) is 0.704. The number of carbonyl (C=O) groups is 1. The van der Waals surface area contributed by atoms with Crippen molar-refractivity contribution >= 4 is 5.91 Å². The van der Waals surface area contributed by atoms with E-state index >= 15 is 0 Å². The molecule has 0 saturated carbocycles. The van der Waals surface area contributed by atoms with Crippen LogP contribution < -0.4 is 5.32 Å². The highest BCUT2D eigenvalue weighted by atomic mass is 16.7. The van der Waals surface area contributed by atoms with Gasteiger partial charge in [0.1, 0.15) is 24.4 Å². The first-order valence-electron chi connectivity index (χ1n) is 32.8. The van der Waals surface area contributed by atoms with Gasteiger partial charge in [0.05, 0.1) is 25.4 Å². The Bertz CT molecular complexity index is 1670. The van der Waals surface area contributed by atoms with E-state index in [-0.39, 0.29) is 12.5 Å². The third-order valence-corrected chi connectivity index (χ3v) is 14.8. The van der Waals surface area contributed by atoms with E-state index in [2.05, 4.69) is 129 Å². The highest BCUT2D eigenvalue weighted by Gasteiger charge is 2.44. The van der Waals surface area contributed by atoms with E-state index in [0.29, 0.717) is 6.42 Å². The van der Waals surface area contributed by atoms with Gasteiger partial charge in [-0.25, -0.2) is 0 Å². The lowest BCUT2D eigenvalue weighted by Gasteiger charge is -2.40. The van der Waals surface area contributed by atoms with Crippen molar-refractivity contribution in [3.8, 4) is 0 Å². The van der Waals surface area contributed by atoms with Gasteiger partial charge in [0.25, 0.3) is 0 Å². The molecule has 0 aromatic carbocycles. The van der Waals surface area contributed by atoms with Gasteiger partial charge in [-0.05, 0) is 96.3 Å². The molecule has 7 atom stereocenters. The molecule has 1 amide bonds. The highest BCUT2D eigenvalue weighted by molar-refractivity contribution is 5.76. The lowest BCUT2D eigenvalue weighted by atomic mass is 9.99. The molecule has 1 saturated heterocycles. The number of rotatable bonds is 55. The van der Waals surface area contributed by atoms with E-state index in [0.717, 1.165) is 103 Å². The van der Waals surface area contributed by atoms with Gasteiger partial charge in [-0.1, -0.05) is 283 Å². The minimum atomic E-state index is -1.58. The van der Waals surface area contributed by atoms with Crippen LogP contribution in [0.15, 0.2) is 122 Å². The molecule has 1 aliphatic heterocycles. The Morgan fingerprint density at radius 2 is 0.787 bits per heavy atom. The van der Waals surface area contributed by atoms with Gasteiger partial charge in [-0.3, -0.25) is 4.79 Å². The van der Waals surface area contributed by atoms with Crippen LogP contribution in [0, 0.1) is 0 Å². The van der Waals surface area contributed by atoms with Gasteiger partial charge in [-0.2, -0.15) is 0 Å². The summed E-state index contributed by atoms with van der Waals surface area (Å²) in [6.45, 7) is 3.66. The molecule has 6 N–H and O–H groups in total. The number of aliphatic hydroxyl groups is 5. The van der Waals surface area contributed by atoms with Gasteiger partial charge < -0.3 is 40.3 Å². The molecule has 80 heavy (non-hydrogen) atoms. The van der Waals surface area contributed by atoms with Crippen molar-refractivity contribution in [2.45, 2.75) is 307 Å². The SMILES string of the molecule is CC/C=C\C/C=C\C/C=C\C/C=C\C/C=C\C/C=C\C/C=C\C/C=C\CCCCCCCCCCCCC(=O)NC(COC1OC(CO)C(O)C(O)C1O)C(O)/C=C/CC/C=C/CCCCCCCCCCCCCCCCCC. The quantitative estimate of drug-likeness (QED) is 0.0261. The zero-order chi connectivity index (χ0) is 57.9. The number of hydrogen-bond donors (Lipinski definition) is 6. The van der Waals surface area contributed by atoms with Crippen molar-refractivity contribution in [2.24, 2.45) is 0 Å². The molecule has 7 unspecified atom stereocenters. The van der Waals surface area contributed by atoms with E-state index in [4.69, 9.17) is 9.47 Å². The molecule has 9 nitrogen and oxygen atoms in total. The van der Waals surface area contributed by atoms with Crippen LogP contribution in [0.25, 0.3) is 0 Å². The van der Waals surface area contributed by atoms with Crippen molar-refractivity contribution in [1.29, 1.82) is 0 Å². The van der Waals surface area contributed by atoms with Crippen LogP contribution in [0.2, 0.25) is 0 Å². The maximum absolute atomic E-state index is 13.1. The first-order valence-corrected chi connectivity index (χ1v) is 32.8. The summed E-state index contributed by atoms with van der Waals surface area (Å²) in [5.41, 5.74) is 0. The minimum Gasteiger partial charge on any atom is -0.394 e. The van der Waals surface area contributed by atoms with E-state index < -0.39 is 49.5 Å². The first kappa shape index (κ1) is 74.6. The van der Waals surface area contributed by atoms with Gasteiger partial charge in [0.2, 0.25) is 5.91 Å². The Morgan fingerprint density at radius 3 is 1.20 bits per heavy atom. The molecule has 0 aliphatic carbocycles. The smallest absolute Gasteiger partial charge is 0.220 e. The molecule has 0 radical (unpaired) electrons. The normalized spacial score (nSPS) is 19.3. The van der Waals surface area contributed by atoms with E-state index in [1.807, 2.05) is 6.08 Å². The maximum Gasteiger partial charge on any atom is 0.220 e. The number of amides is 1. The molecule has 9 heteroatoms. The average molecular weight is 1120 g/mol. The standard InChI is InChI=1S/C71H121NO8/c1-3-5-7-9-11-13-15-17-19-21-23-25-27-28-29-30-31-32-33-34-35-36-37-38-39-41-43-45-47-49-51-53-55-57-59-61-67(75)72-64(63-79-71-70(78)69(77)68(76)66(62-73)80-71)65(74)60-58-56-54-52-50-48-46-44-42-40-26-24-22-20-18-16-14-12-10-8-6-4-2/h5,7,11,13,17,19,23,25,28-29,31-32,34-35,37-38,50,52,58,60,64-66,68-71,73-74,76-78H,3-4,6,8-10,12,14-16,18,20-22,24,26-27,30,33,36,39-49,51,53-57,59,61-63H2,1-2H3,(H,72,75)/b7-5-,13-11-,19-17-,25-23-,29-28-,32-31-,35-34-,38-37-,52-50+,60-58+. The van der Waals surface area contributed by atoms with Crippen molar-refractivity contribution in [3.05, 3.63) is 122 Å². The summed E-state index contributed by atoms with van der Waals surface area (Å²) >= 11 is 0. The third-order valence-electron chi connectivity index (χ3n) is 14.8. The maximum atomic E-state index is 13.1. The fourth-order valence-corrected chi connectivity index (χ4v) is 9.66. The molecule has 0 bridgehead atoms. The number of unbranched alkanes of at least 4 members (excludes halogenated alkanes) is 27. The number of aliphatic hydroxyl groups excluding tert-OH is 5. The second kappa shape index (κ2) is 58.8. The van der Waals surface area contributed by atoms with Crippen molar-refractivity contribution < 1.29 is 39.8 Å². The Labute approximate surface area is 490 Å². The van der Waals surface area contributed by atoms with Crippen LogP contribution >= 0.6 is 0 Å². The van der Waals surface area contributed by atoms with Crippen LogP contribution in [0.5, 0.6) is 0 Å². The molecule has 1 aliphatic rings. The summed E-state index contributed by atoms with van der Waals surface area (Å²) in [5, 5.41) is 54.6. The summed E-state index contributed by atoms with van der Waals surface area (Å²) in [5.74, 6) is -0.194. The highest BCUT2D eigenvalue weighted by Crippen LogP contribution is 2.23. The second-order valence-corrected chi connectivity index (χ2v) is 22.2. The Kier molecular flexibility index (Phi) is 54.8. The molecular formula is C71H121NO8.